The first-order valence-electron chi connectivity index (χ1n) is 13.1. The van der Waals surface area contributed by atoms with E-state index in [1.54, 1.807) is 19.1 Å². The predicted molar refractivity (Wildman–Crippen MR) is 128 cm³/mol. The third kappa shape index (κ3) is 3.55. The molecule has 198 valence electrons. The molecule has 0 aromatic rings. The minimum absolute atomic E-state index is 0.00843. The van der Waals surface area contributed by atoms with Crippen molar-refractivity contribution in [1.82, 2.24) is 0 Å². The first-order chi connectivity index (χ1) is 17.0. The molecular weight excluding hydrogens is 464 g/mol. The Labute approximate surface area is 212 Å². The van der Waals surface area contributed by atoms with Gasteiger partial charge in [-0.1, -0.05) is 25.5 Å². The molecule has 36 heavy (non-hydrogen) atoms. The number of ketones is 1. The van der Waals surface area contributed by atoms with Crippen LogP contribution in [0.2, 0.25) is 0 Å². The van der Waals surface area contributed by atoms with E-state index in [4.69, 9.17) is 18.9 Å². The highest BCUT2D eigenvalue weighted by molar-refractivity contribution is 6.01. The second-order valence-corrected chi connectivity index (χ2v) is 11.9. The Hall–Kier alpha value is -2.03. The molecule has 0 radical (unpaired) electrons. The number of ether oxygens (including phenoxy) is 4. The van der Waals surface area contributed by atoms with Gasteiger partial charge < -0.3 is 24.1 Å². The van der Waals surface area contributed by atoms with Gasteiger partial charge in [0.15, 0.2) is 12.1 Å². The van der Waals surface area contributed by atoms with Crippen LogP contribution < -0.4 is 0 Å². The van der Waals surface area contributed by atoms with Crippen LogP contribution in [0.25, 0.3) is 0 Å². The van der Waals surface area contributed by atoms with Gasteiger partial charge in [0.05, 0.1) is 13.2 Å². The van der Waals surface area contributed by atoms with Crippen molar-refractivity contribution in [2.24, 2.45) is 34.5 Å². The number of esters is 2. The Morgan fingerprint density at radius 1 is 1.28 bits per heavy atom. The highest BCUT2D eigenvalue weighted by Gasteiger charge is 2.72. The first-order valence-corrected chi connectivity index (χ1v) is 13.1. The largest absolute Gasteiger partial charge is 0.469 e. The van der Waals surface area contributed by atoms with Crippen LogP contribution in [0.1, 0.15) is 59.8 Å². The lowest BCUT2D eigenvalue weighted by atomic mass is 9.46. The summed E-state index contributed by atoms with van der Waals surface area (Å²) >= 11 is 0. The number of methoxy groups -OCH3 is 1. The molecule has 4 aliphatic carbocycles. The molecule has 0 aromatic carbocycles. The Bertz CT molecular complexity index is 1020. The average Bonchev–Trinajstić information content (AvgIpc) is 3.35. The lowest BCUT2D eigenvalue weighted by Gasteiger charge is -2.60. The van der Waals surface area contributed by atoms with Crippen LogP contribution in [-0.4, -0.2) is 60.6 Å². The van der Waals surface area contributed by atoms with Crippen LogP contribution in [0.5, 0.6) is 0 Å². The van der Waals surface area contributed by atoms with Gasteiger partial charge in [0.2, 0.25) is 0 Å². The van der Waals surface area contributed by atoms with Crippen molar-refractivity contribution >= 4 is 17.7 Å². The Morgan fingerprint density at radius 2 is 2.03 bits per heavy atom. The average molecular weight is 503 g/mol. The van der Waals surface area contributed by atoms with E-state index in [0.29, 0.717) is 12.8 Å². The predicted octanol–water partition coefficient (Wildman–Crippen LogP) is 3.12. The molecule has 0 aromatic heterocycles. The summed E-state index contributed by atoms with van der Waals surface area (Å²) in [6.07, 6.45) is 7.23. The van der Waals surface area contributed by atoms with Gasteiger partial charge in [-0.05, 0) is 63.0 Å². The number of carbonyl (C=O) groups excluding carboxylic acids is 3. The van der Waals surface area contributed by atoms with Crippen LogP contribution in [0, 0.1) is 34.5 Å². The third-order valence-electron chi connectivity index (χ3n) is 10.2. The van der Waals surface area contributed by atoms with Gasteiger partial charge >= 0.3 is 11.9 Å². The fraction of sp³-hybridized carbons (Fsp3) is 0.750. The smallest absolute Gasteiger partial charge is 0.313 e. The molecule has 3 unspecified atom stereocenters. The monoisotopic (exact) mass is 502 g/mol. The van der Waals surface area contributed by atoms with E-state index in [1.165, 1.54) is 14.0 Å². The van der Waals surface area contributed by atoms with E-state index in [0.717, 1.165) is 24.8 Å². The number of hydrogen-bond acceptors (Lipinski definition) is 8. The zero-order valence-corrected chi connectivity index (χ0v) is 21.8. The number of hydrogen-bond donors (Lipinski definition) is 1. The number of rotatable bonds is 4. The van der Waals surface area contributed by atoms with E-state index in [-0.39, 0.29) is 35.6 Å². The lowest BCUT2D eigenvalue weighted by molar-refractivity contribution is -0.197. The van der Waals surface area contributed by atoms with Gasteiger partial charge in [-0.3, -0.25) is 14.4 Å². The van der Waals surface area contributed by atoms with Crippen LogP contribution in [0.3, 0.4) is 0 Å². The number of aliphatic hydroxyl groups is 1. The molecule has 8 heteroatoms. The zero-order chi connectivity index (χ0) is 26.0. The molecule has 0 amide bonds. The second-order valence-electron chi connectivity index (χ2n) is 11.9. The quantitative estimate of drug-likeness (QED) is 0.584. The van der Waals surface area contributed by atoms with Gasteiger partial charge in [0.25, 0.3) is 0 Å². The second kappa shape index (κ2) is 8.77. The van der Waals surface area contributed by atoms with Gasteiger partial charge in [0.1, 0.15) is 24.2 Å². The van der Waals surface area contributed by atoms with E-state index in [2.05, 4.69) is 13.8 Å². The molecule has 3 saturated carbocycles. The van der Waals surface area contributed by atoms with Crippen LogP contribution in [-0.2, 0) is 33.3 Å². The van der Waals surface area contributed by atoms with Crippen molar-refractivity contribution in [1.29, 1.82) is 0 Å². The summed E-state index contributed by atoms with van der Waals surface area (Å²) in [5.41, 5.74) is -0.484. The Morgan fingerprint density at radius 3 is 2.72 bits per heavy atom. The maximum Gasteiger partial charge on any atom is 0.313 e. The van der Waals surface area contributed by atoms with Crippen LogP contribution in [0.4, 0.5) is 0 Å². The third-order valence-corrected chi connectivity index (χ3v) is 10.2. The van der Waals surface area contributed by atoms with Crippen LogP contribution >= 0.6 is 0 Å². The van der Waals surface area contributed by atoms with Crippen molar-refractivity contribution in [2.75, 3.05) is 13.7 Å². The summed E-state index contributed by atoms with van der Waals surface area (Å²) in [5.74, 6) is -0.950. The summed E-state index contributed by atoms with van der Waals surface area (Å²) in [5, 5.41) is 11.7. The van der Waals surface area contributed by atoms with Gasteiger partial charge in [-0.15, -0.1) is 0 Å². The summed E-state index contributed by atoms with van der Waals surface area (Å²) in [6, 6.07) is 0. The molecule has 4 fully saturated rings. The van der Waals surface area contributed by atoms with Crippen molar-refractivity contribution in [2.45, 2.75) is 83.9 Å². The van der Waals surface area contributed by atoms with Gasteiger partial charge in [-0.2, -0.15) is 0 Å². The number of aliphatic hydroxyl groups excluding tert-OH is 1. The summed E-state index contributed by atoms with van der Waals surface area (Å²) < 4.78 is 23.3. The molecule has 1 aliphatic heterocycles. The fourth-order valence-corrected chi connectivity index (χ4v) is 8.54. The minimum atomic E-state index is -0.825. The van der Waals surface area contributed by atoms with E-state index in [9.17, 15) is 19.5 Å². The van der Waals surface area contributed by atoms with Crippen molar-refractivity contribution in [3.63, 3.8) is 0 Å². The standard InChI is InChI=1S/C28H38O8/c1-15(24(32)33-5)25-35-22(14-34-16(2)29)28(36-25)11-9-20-19-7-6-17-12-18(30)8-10-26(17,3)23(19)21(31)13-27(20,28)4/h8,10,12,15,19-23,25,31H,6-7,9,11,13-14H2,1-5H3/t15?,19-,20-,21-,22?,23+,25?,26-,27-,28-/m0/s1. The molecule has 1 saturated heterocycles. The Kier molecular flexibility index (Phi) is 6.24. The molecule has 8 nitrogen and oxygen atoms in total. The fourth-order valence-electron chi connectivity index (χ4n) is 8.54. The molecule has 5 rings (SSSR count). The normalized spacial score (nSPS) is 45.9. The van der Waals surface area contributed by atoms with E-state index >= 15 is 0 Å². The molecule has 5 aliphatic rings. The topological polar surface area (TPSA) is 108 Å². The first kappa shape index (κ1) is 25.6. The van der Waals surface area contributed by atoms with Crippen molar-refractivity contribution < 1.29 is 38.4 Å². The van der Waals surface area contributed by atoms with Gasteiger partial charge in [0, 0.05) is 23.7 Å². The van der Waals surface area contributed by atoms with E-state index < -0.39 is 47.4 Å². The number of allylic oxidation sites excluding steroid dienone is 4. The maximum atomic E-state index is 12.3. The van der Waals surface area contributed by atoms with Gasteiger partial charge in [-0.25, -0.2) is 0 Å². The molecule has 10 atom stereocenters. The van der Waals surface area contributed by atoms with Crippen molar-refractivity contribution in [3.8, 4) is 0 Å². The number of carbonyl (C=O) groups is 3. The summed E-state index contributed by atoms with van der Waals surface area (Å²) in [7, 11) is 1.34. The maximum absolute atomic E-state index is 12.3. The van der Waals surface area contributed by atoms with E-state index in [1.807, 2.05) is 6.08 Å². The summed E-state index contributed by atoms with van der Waals surface area (Å²) in [6.45, 7) is 7.43. The molecule has 1 heterocycles. The molecule has 1 N–H and O–H groups in total. The molecule has 1 spiro atoms. The lowest BCUT2D eigenvalue weighted by Crippen LogP contribution is -2.62. The molecular formula is C28H38O8. The minimum Gasteiger partial charge on any atom is -0.469 e. The highest BCUT2D eigenvalue weighted by Crippen LogP contribution is 2.69. The SMILES string of the molecule is COC(=O)C(C)C1OC(COC(C)=O)[C@]2(CC[C@H]3[C@@H]4CCC5=CC(=O)C=C[C@]5(C)[C@H]4[C@@H](O)C[C@@]32C)O1. The number of fused-ring (bicyclic) bond motifs is 6. The summed E-state index contributed by atoms with van der Waals surface area (Å²) in [4.78, 5) is 36.1. The highest BCUT2D eigenvalue weighted by atomic mass is 16.8. The zero-order valence-electron chi connectivity index (χ0n) is 21.8. The molecule has 0 bridgehead atoms. The van der Waals surface area contributed by atoms with Crippen LogP contribution in [0.15, 0.2) is 23.8 Å². The van der Waals surface area contributed by atoms with Crippen molar-refractivity contribution in [3.05, 3.63) is 23.8 Å². The Balaban J connectivity index is 1.50.